The largest absolute Gasteiger partial charge is 0.385 e. The number of nitrogens with one attached hydrogen (secondary N) is 1. The first-order chi connectivity index (χ1) is 9.24. The van der Waals surface area contributed by atoms with Crippen LogP contribution in [-0.4, -0.2) is 6.54 Å². The highest BCUT2D eigenvalue weighted by atomic mass is 19.1. The summed E-state index contributed by atoms with van der Waals surface area (Å²) in [5, 5.41) is 3.44. The number of halogens is 1. The Bertz CT molecular complexity index is 592. The summed E-state index contributed by atoms with van der Waals surface area (Å²) in [4.78, 5) is 0. The van der Waals surface area contributed by atoms with Gasteiger partial charge in [-0.05, 0) is 60.6 Å². The maximum absolute atomic E-state index is 13.2. The lowest BCUT2D eigenvalue weighted by Gasteiger charge is -2.27. The first-order valence-electron chi connectivity index (χ1n) is 6.82. The van der Waals surface area contributed by atoms with Crippen molar-refractivity contribution in [3.8, 4) is 0 Å². The molecule has 0 amide bonds. The summed E-state index contributed by atoms with van der Waals surface area (Å²) in [6.07, 6.45) is 2.12. The van der Waals surface area contributed by atoms with Crippen LogP contribution in [0.3, 0.4) is 0 Å². The van der Waals surface area contributed by atoms with Crippen LogP contribution in [0, 0.1) is 12.7 Å². The minimum absolute atomic E-state index is 0.146. The van der Waals surface area contributed by atoms with Gasteiger partial charge in [0.15, 0.2) is 0 Å². The molecule has 0 aliphatic carbocycles. The maximum Gasteiger partial charge on any atom is 0.123 e. The Morgan fingerprint density at radius 3 is 2.89 bits per heavy atom. The highest BCUT2D eigenvalue weighted by Gasteiger charge is 2.20. The normalized spacial score (nSPS) is 17.7. The average molecular weight is 255 g/mol. The van der Waals surface area contributed by atoms with E-state index in [-0.39, 0.29) is 5.82 Å². The minimum atomic E-state index is -0.146. The van der Waals surface area contributed by atoms with Crippen molar-refractivity contribution in [2.75, 3.05) is 11.9 Å². The minimum Gasteiger partial charge on any atom is -0.385 e. The quantitative estimate of drug-likeness (QED) is 0.844. The van der Waals surface area contributed by atoms with Crippen LogP contribution in [0.5, 0.6) is 0 Å². The second kappa shape index (κ2) is 5.04. The number of benzene rings is 2. The smallest absolute Gasteiger partial charge is 0.123 e. The molecule has 1 atom stereocenters. The van der Waals surface area contributed by atoms with Crippen LogP contribution in [0.4, 0.5) is 10.1 Å². The maximum atomic E-state index is 13.2. The molecule has 3 rings (SSSR count). The summed E-state index contributed by atoms with van der Waals surface area (Å²) in [5.41, 5.74) is 4.94. The molecule has 1 N–H and O–H groups in total. The summed E-state index contributed by atoms with van der Waals surface area (Å²) in [5.74, 6) is 0.383. The van der Waals surface area contributed by atoms with Crippen LogP contribution >= 0.6 is 0 Å². The first-order valence-corrected chi connectivity index (χ1v) is 6.82. The second-order valence-electron chi connectivity index (χ2n) is 5.27. The van der Waals surface area contributed by atoms with Crippen molar-refractivity contribution < 1.29 is 4.39 Å². The van der Waals surface area contributed by atoms with Crippen LogP contribution in [0.1, 0.15) is 29.0 Å². The van der Waals surface area contributed by atoms with Crippen molar-refractivity contribution in [1.82, 2.24) is 0 Å². The molecular weight excluding hydrogens is 237 g/mol. The molecule has 1 heterocycles. The third-order valence-electron chi connectivity index (χ3n) is 3.98. The third kappa shape index (κ3) is 2.48. The van der Waals surface area contributed by atoms with Crippen LogP contribution in [0.25, 0.3) is 0 Å². The molecule has 1 unspecified atom stereocenters. The monoisotopic (exact) mass is 255 g/mol. The van der Waals surface area contributed by atoms with Gasteiger partial charge >= 0.3 is 0 Å². The SMILES string of the molecule is Cc1cc(F)ccc1CC1CCNc2ccccc21. The molecule has 0 saturated heterocycles. The summed E-state index contributed by atoms with van der Waals surface area (Å²) < 4.78 is 13.2. The van der Waals surface area contributed by atoms with E-state index >= 15 is 0 Å². The molecule has 0 aromatic heterocycles. The molecule has 1 nitrogen and oxygen atoms in total. The highest BCUT2D eigenvalue weighted by molar-refractivity contribution is 5.55. The Morgan fingerprint density at radius 2 is 2.05 bits per heavy atom. The van der Waals surface area contributed by atoms with Crippen LogP contribution < -0.4 is 5.32 Å². The van der Waals surface area contributed by atoms with Gasteiger partial charge in [-0.3, -0.25) is 0 Å². The standard InChI is InChI=1S/C17H18FN/c1-12-10-15(18)7-6-13(12)11-14-8-9-19-17-5-3-2-4-16(14)17/h2-7,10,14,19H,8-9,11H2,1H3. The Balaban J connectivity index is 1.88. The number of anilines is 1. The van der Waals surface area contributed by atoms with Gasteiger partial charge in [0.2, 0.25) is 0 Å². The predicted molar refractivity (Wildman–Crippen MR) is 77.1 cm³/mol. The molecule has 1 aliphatic rings. The molecular formula is C17H18FN. The fourth-order valence-corrected chi connectivity index (χ4v) is 2.92. The van der Waals surface area contributed by atoms with E-state index in [0.717, 1.165) is 24.9 Å². The molecule has 1 aliphatic heterocycles. The van der Waals surface area contributed by atoms with E-state index in [4.69, 9.17) is 0 Å². The third-order valence-corrected chi connectivity index (χ3v) is 3.98. The van der Waals surface area contributed by atoms with E-state index in [1.807, 2.05) is 13.0 Å². The van der Waals surface area contributed by atoms with Crippen molar-refractivity contribution in [2.24, 2.45) is 0 Å². The fourth-order valence-electron chi connectivity index (χ4n) is 2.92. The number of fused-ring (bicyclic) bond motifs is 1. The summed E-state index contributed by atoms with van der Waals surface area (Å²) in [6, 6.07) is 13.6. The Morgan fingerprint density at radius 1 is 1.21 bits per heavy atom. The molecule has 98 valence electrons. The number of rotatable bonds is 2. The van der Waals surface area contributed by atoms with Crippen molar-refractivity contribution >= 4 is 5.69 Å². The predicted octanol–water partition coefficient (Wildman–Crippen LogP) is 4.28. The van der Waals surface area contributed by atoms with Gasteiger partial charge in [-0.1, -0.05) is 24.3 Å². The molecule has 0 spiro atoms. The molecule has 2 aromatic rings. The van der Waals surface area contributed by atoms with Gasteiger partial charge in [0, 0.05) is 12.2 Å². The molecule has 2 heteroatoms. The van der Waals surface area contributed by atoms with E-state index in [1.54, 1.807) is 12.1 Å². The van der Waals surface area contributed by atoms with Crippen molar-refractivity contribution in [3.05, 3.63) is 65.0 Å². The van der Waals surface area contributed by atoms with Gasteiger partial charge in [-0.25, -0.2) is 4.39 Å². The molecule has 0 bridgehead atoms. The second-order valence-corrected chi connectivity index (χ2v) is 5.27. The van der Waals surface area contributed by atoms with Gasteiger partial charge < -0.3 is 5.32 Å². The van der Waals surface area contributed by atoms with Crippen LogP contribution in [0.15, 0.2) is 42.5 Å². The lowest BCUT2D eigenvalue weighted by molar-refractivity contribution is 0.611. The Kier molecular flexibility index (Phi) is 3.24. The number of para-hydroxylation sites is 1. The van der Waals surface area contributed by atoms with Crippen molar-refractivity contribution in [2.45, 2.75) is 25.7 Å². The van der Waals surface area contributed by atoms with Gasteiger partial charge in [0.1, 0.15) is 5.82 Å². The lowest BCUT2D eigenvalue weighted by atomic mass is 9.85. The molecule has 0 saturated carbocycles. The highest BCUT2D eigenvalue weighted by Crippen LogP contribution is 2.34. The van der Waals surface area contributed by atoms with Gasteiger partial charge in [-0.2, -0.15) is 0 Å². The Labute approximate surface area is 113 Å². The molecule has 19 heavy (non-hydrogen) atoms. The first kappa shape index (κ1) is 12.2. The summed E-state index contributed by atoms with van der Waals surface area (Å²) >= 11 is 0. The van der Waals surface area contributed by atoms with E-state index in [9.17, 15) is 4.39 Å². The number of hydrogen-bond acceptors (Lipinski definition) is 1. The zero-order valence-electron chi connectivity index (χ0n) is 11.1. The fraction of sp³-hybridized carbons (Fsp3) is 0.294. The van der Waals surface area contributed by atoms with Crippen molar-refractivity contribution in [1.29, 1.82) is 0 Å². The number of aryl methyl sites for hydroxylation is 1. The van der Waals surface area contributed by atoms with Gasteiger partial charge in [-0.15, -0.1) is 0 Å². The van der Waals surface area contributed by atoms with E-state index in [1.165, 1.54) is 16.8 Å². The molecule has 2 aromatic carbocycles. The van der Waals surface area contributed by atoms with Gasteiger partial charge in [0.25, 0.3) is 0 Å². The van der Waals surface area contributed by atoms with E-state index in [0.29, 0.717) is 5.92 Å². The molecule has 0 radical (unpaired) electrons. The summed E-state index contributed by atoms with van der Waals surface area (Å²) in [7, 11) is 0. The zero-order valence-corrected chi connectivity index (χ0v) is 11.1. The zero-order chi connectivity index (χ0) is 13.2. The van der Waals surface area contributed by atoms with Crippen molar-refractivity contribution in [3.63, 3.8) is 0 Å². The van der Waals surface area contributed by atoms with E-state index in [2.05, 4.69) is 29.6 Å². The average Bonchev–Trinajstić information content (AvgIpc) is 2.42. The molecule has 0 fully saturated rings. The lowest BCUT2D eigenvalue weighted by Crippen LogP contribution is -2.18. The van der Waals surface area contributed by atoms with Gasteiger partial charge in [0.05, 0.1) is 0 Å². The summed E-state index contributed by atoms with van der Waals surface area (Å²) in [6.45, 7) is 3.01. The van der Waals surface area contributed by atoms with Crippen LogP contribution in [0.2, 0.25) is 0 Å². The van der Waals surface area contributed by atoms with Crippen LogP contribution in [-0.2, 0) is 6.42 Å². The number of hydrogen-bond donors (Lipinski definition) is 1. The van der Waals surface area contributed by atoms with E-state index < -0.39 is 0 Å². The topological polar surface area (TPSA) is 12.0 Å². The Hall–Kier alpha value is -1.83.